The highest BCUT2D eigenvalue weighted by Crippen LogP contribution is 2.39. The van der Waals surface area contributed by atoms with Gasteiger partial charge in [-0.25, -0.2) is 9.79 Å². The lowest BCUT2D eigenvalue weighted by molar-refractivity contribution is -0.132. The minimum absolute atomic E-state index is 0.282. The Bertz CT molecular complexity index is 383. The third-order valence-corrected chi connectivity index (χ3v) is 2.94. The van der Waals surface area contributed by atoms with E-state index >= 15 is 0 Å². The number of carboxylic acids is 1. The van der Waals surface area contributed by atoms with E-state index in [1.807, 2.05) is 6.92 Å². The normalized spacial score (nSPS) is 25.0. The van der Waals surface area contributed by atoms with Crippen LogP contribution in [0, 0.1) is 5.41 Å². The van der Waals surface area contributed by atoms with E-state index in [0.717, 1.165) is 6.21 Å². The first kappa shape index (κ1) is 12.4. The third kappa shape index (κ3) is 1.73. The van der Waals surface area contributed by atoms with Crippen molar-refractivity contribution in [1.82, 2.24) is 0 Å². The number of carbonyl (C=O) groups excluding carboxylic acids is 1. The lowest BCUT2D eigenvalue weighted by Gasteiger charge is -2.30. The van der Waals surface area contributed by atoms with E-state index < -0.39 is 17.3 Å². The van der Waals surface area contributed by atoms with Crippen LogP contribution in [0.3, 0.4) is 0 Å². The zero-order chi connectivity index (χ0) is 12.3. The van der Waals surface area contributed by atoms with Gasteiger partial charge in [0, 0.05) is 6.21 Å². The van der Waals surface area contributed by atoms with Crippen molar-refractivity contribution in [3.05, 3.63) is 11.3 Å². The van der Waals surface area contributed by atoms with E-state index in [2.05, 4.69) is 4.99 Å². The largest absolute Gasteiger partial charge is 0.510 e. The van der Waals surface area contributed by atoms with Crippen LogP contribution in [0.1, 0.15) is 33.1 Å². The Morgan fingerprint density at radius 3 is 2.56 bits per heavy atom. The molecule has 1 amide bonds. The monoisotopic (exact) mass is 225 g/mol. The molecule has 0 aromatic heterocycles. The number of aliphatic hydroxyl groups is 1. The average molecular weight is 225 g/mol. The standard InChI is InChI=1S/C11H15NO4/c1-3-5-11(4-2)8(13)7(9(14)15)6-12-10(11)16/h6,13H,3-5H2,1-2H3,(H,14,15). The van der Waals surface area contributed by atoms with Crippen LogP contribution in [0.15, 0.2) is 16.3 Å². The number of carbonyl (C=O) groups is 2. The van der Waals surface area contributed by atoms with Crippen LogP contribution in [0.4, 0.5) is 0 Å². The molecule has 88 valence electrons. The van der Waals surface area contributed by atoms with Gasteiger partial charge in [0.2, 0.25) is 0 Å². The molecule has 1 unspecified atom stereocenters. The van der Waals surface area contributed by atoms with Crippen molar-refractivity contribution in [1.29, 1.82) is 0 Å². The van der Waals surface area contributed by atoms with Gasteiger partial charge in [0.25, 0.3) is 5.91 Å². The van der Waals surface area contributed by atoms with Crippen LogP contribution < -0.4 is 0 Å². The highest BCUT2D eigenvalue weighted by molar-refractivity contribution is 6.15. The van der Waals surface area contributed by atoms with Gasteiger partial charge in [-0.15, -0.1) is 0 Å². The molecular formula is C11H15NO4. The van der Waals surface area contributed by atoms with Crippen LogP contribution in [-0.4, -0.2) is 28.3 Å². The number of aliphatic hydroxyl groups excluding tert-OH is 1. The first-order valence-corrected chi connectivity index (χ1v) is 5.25. The molecule has 0 aromatic rings. The van der Waals surface area contributed by atoms with Gasteiger partial charge in [-0.05, 0) is 12.8 Å². The molecule has 5 nitrogen and oxygen atoms in total. The molecule has 5 heteroatoms. The van der Waals surface area contributed by atoms with Crippen molar-refractivity contribution in [3.8, 4) is 0 Å². The first-order chi connectivity index (χ1) is 7.49. The van der Waals surface area contributed by atoms with Gasteiger partial charge in [-0.2, -0.15) is 0 Å². The molecule has 0 radical (unpaired) electrons. The number of hydrogen-bond acceptors (Lipinski definition) is 3. The van der Waals surface area contributed by atoms with Gasteiger partial charge in [0.1, 0.15) is 16.7 Å². The highest BCUT2D eigenvalue weighted by atomic mass is 16.4. The molecule has 1 aliphatic heterocycles. The molecule has 0 spiro atoms. The van der Waals surface area contributed by atoms with Gasteiger partial charge < -0.3 is 10.2 Å². The number of amides is 1. The minimum atomic E-state index is -1.26. The minimum Gasteiger partial charge on any atom is -0.510 e. The van der Waals surface area contributed by atoms with E-state index in [1.54, 1.807) is 6.92 Å². The fraction of sp³-hybridized carbons (Fsp3) is 0.545. The predicted molar refractivity (Wildman–Crippen MR) is 58.4 cm³/mol. The molecule has 1 rings (SSSR count). The second kappa shape index (κ2) is 4.47. The Morgan fingerprint density at radius 1 is 1.50 bits per heavy atom. The van der Waals surface area contributed by atoms with E-state index in [1.165, 1.54) is 0 Å². The summed E-state index contributed by atoms with van der Waals surface area (Å²) in [5, 5.41) is 18.8. The number of nitrogens with zero attached hydrogens (tertiary/aromatic N) is 1. The molecule has 0 bridgehead atoms. The molecule has 2 N–H and O–H groups in total. The van der Waals surface area contributed by atoms with E-state index in [9.17, 15) is 14.7 Å². The molecule has 1 atom stereocenters. The maximum Gasteiger partial charge on any atom is 0.340 e. The summed E-state index contributed by atoms with van der Waals surface area (Å²) in [5.41, 5.74) is -1.42. The van der Waals surface area contributed by atoms with E-state index in [4.69, 9.17) is 5.11 Å². The summed E-state index contributed by atoms with van der Waals surface area (Å²) in [6.07, 6.45) is 2.34. The van der Waals surface area contributed by atoms with E-state index in [0.29, 0.717) is 19.3 Å². The van der Waals surface area contributed by atoms with Crippen LogP contribution in [0.2, 0.25) is 0 Å². The first-order valence-electron chi connectivity index (χ1n) is 5.25. The second-order valence-corrected chi connectivity index (χ2v) is 3.82. The van der Waals surface area contributed by atoms with Crippen molar-refractivity contribution in [2.75, 3.05) is 0 Å². The summed E-state index contributed by atoms with van der Waals surface area (Å²) in [6, 6.07) is 0. The van der Waals surface area contributed by atoms with Crippen LogP contribution in [0.25, 0.3) is 0 Å². The molecule has 0 fully saturated rings. The molecule has 0 saturated carbocycles. The Labute approximate surface area is 93.5 Å². The maximum atomic E-state index is 11.7. The molecular weight excluding hydrogens is 210 g/mol. The SMILES string of the molecule is CCCC1(CC)C(=O)N=CC(C(=O)O)=C1O. The summed E-state index contributed by atoms with van der Waals surface area (Å²) >= 11 is 0. The summed E-state index contributed by atoms with van der Waals surface area (Å²) in [6.45, 7) is 3.61. The number of dihydropyridines is 1. The summed E-state index contributed by atoms with van der Waals surface area (Å²) in [5.74, 6) is -2.08. The lowest BCUT2D eigenvalue weighted by atomic mass is 9.75. The van der Waals surface area contributed by atoms with Gasteiger partial charge in [-0.3, -0.25) is 4.79 Å². The molecule has 0 saturated heterocycles. The molecule has 16 heavy (non-hydrogen) atoms. The fourth-order valence-corrected chi connectivity index (χ4v) is 1.97. The topological polar surface area (TPSA) is 87.0 Å². The Morgan fingerprint density at radius 2 is 2.12 bits per heavy atom. The lowest BCUT2D eigenvalue weighted by Crippen LogP contribution is -2.36. The smallest absolute Gasteiger partial charge is 0.340 e. The van der Waals surface area contributed by atoms with Gasteiger partial charge in [0.05, 0.1) is 0 Å². The van der Waals surface area contributed by atoms with Crippen LogP contribution in [0.5, 0.6) is 0 Å². The van der Waals surface area contributed by atoms with Crippen molar-refractivity contribution in [3.63, 3.8) is 0 Å². The van der Waals surface area contributed by atoms with Gasteiger partial charge >= 0.3 is 5.97 Å². The summed E-state index contributed by atoms with van der Waals surface area (Å²) < 4.78 is 0. The summed E-state index contributed by atoms with van der Waals surface area (Å²) in [7, 11) is 0. The molecule has 0 aliphatic carbocycles. The summed E-state index contributed by atoms with van der Waals surface area (Å²) in [4.78, 5) is 26.2. The van der Waals surface area contributed by atoms with Crippen LogP contribution >= 0.6 is 0 Å². The van der Waals surface area contributed by atoms with Gasteiger partial charge in [-0.1, -0.05) is 20.3 Å². The Balaban J connectivity index is 3.30. The van der Waals surface area contributed by atoms with Crippen molar-refractivity contribution >= 4 is 18.1 Å². The Kier molecular flexibility index (Phi) is 3.47. The highest BCUT2D eigenvalue weighted by Gasteiger charge is 2.44. The average Bonchev–Trinajstić information content (AvgIpc) is 2.23. The zero-order valence-corrected chi connectivity index (χ0v) is 9.36. The van der Waals surface area contributed by atoms with E-state index in [-0.39, 0.29) is 11.3 Å². The molecule has 1 heterocycles. The van der Waals surface area contributed by atoms with Crippen molar-refractivity contribution in [2.24, 2.45) is 10.4 Å². The van der Waals surface area contributed by atoms with Crippen LogP contribution in [-0.2, 0) is 9.59 Å². The molecule has 0 aromatic carbocycles. The molecule has 1 aliphatic rings. The zero-order valence-electron chi connectivity index (χ0n) is 9.36. The van der Waals surface area contributed by atoms with Crippen molar-refractivity contribution < 1.29 is 19.8 Å². The number of aliphatic carboxylic acids is 1. The third-order valence-electron chi connectivity index (χ3n) is 2.94. The number of rotatable bonds is 4. The Hall–Kier alpha value is -1.65. The quantitative estimate of drug-likeness (QED) is 0.762. The number of aliphatic imine (C=N–C) groups is 1. The number of carboxylic acid groups (broad SMARTS) is 1. The predicted octanol–water partition coefficient (Wildman–Crippen LogP) is 1.69. The van der Waals surface area contributed by atoms with Gasteiger partial charge in [0.15, 0.2) is 0 Å². The van der Waals surface area contributed by atoms with Crippen molar-refractivity contribution in [2.45, 2.75) is 33.1 Å². The maximum absolute atomic E-state index is 11.7. The second-order valence-electron chi connectivity index (χ2n) is 3.82. The fourth-order valence-electron chi connectivity index (χ4n) is 1.97. The number of hydrogen-bond donors (Lipinski definition) is 2.